The standard InChI is InChI=1S/C21H27ClN2O4/c1-14(20(26)23-17-8-3-2-4-9-17)28-21(27)16-11-19(25)24(13-16)12-15-7-5-6-10-18(15)22/h5-7,10,14,16-17H,2-4,8-9,11-13H2,1H3,(H,23,26)/t14-,16-/m0/s1. The minimum Gasteiger partial charge on any atom is -0.452 e. The van der Waals surface area contributed by atoms with Crippen LogP contribution < -0.4 is 5.32 Å². The average molecular weight is 407 g/mol. The molecule has 1 aromatic rings. The molecule has 0 bridgehead atoms. The number of nitrogens with one attached hydrogen (secondary N) is 1. The molecule has 2 atom stereocenters. The lowest BCUT2D eigenvalue weighted by Gasteiger charge is -2.24. The van der Waals surface area contributed by atoms with Crippen molar-refractivity contribution in [2.24, 2.45) is 5.92 Å². The smallest absolute Gasteiger partial charge is 0.312 e. The molecule has 1 saturated heterocycles. The summed E-state index contributed by atoms with van der Waals surface area (Å²) in [5.74, 6) is -1.43. The van der Waals surface area contributed by atoms with E-state index in [0.29, 0.717) is 11.6 Å². The molecule has 2 aliphatic rings. The summed E-state index contributed by atoms with van der Waals surface area (Å²) in [4.78, 5) is 38.6. The van der Waals surface area contributed by atoms with E-state index in [1.165, 1.54) is 6.42 Å². The van der Waals surface area contributed by atoms with Gasteiger partial charge in [-0.1, -0.05) is 49.1 Å². The fraction of sp³-hybridized carbons (Fsp3) is 0.571. The Bertz CT molecular complexity index is 733. The maximum atomic E-state index is 12.5. The van der Waals surface area contributed by atoms with Gasteiger partial charge < -0.3 is 15.0 Å². The predicted molar refractivity (Wildman–Crippen MR) is 106 cm³/mol. The molecule has 2 amide bonds. The van der Waals surface area contributed by atoms with E-state index in [0.717, 1.165) is 31.2 Å². The van der Waals surface area contributed by atoms with Gasteiger partial charge in [0.15, 0.2) is 6.10 Å². The summed E-state index contributed by atoms with van der Waals surface area (Å²) in [7, 11) is 0. The number of likely N-dealkylation sites (tertiary alicyclic amines) is 1. The van der Waals surface area contributed by atoms with Gasteiger partial charge in [0.1, 0.15) is 0 Å². The Balaban J connectivity index is 1.49. The van der Waals surface area contributed by atoms with Crippen molar-refractivity contribution in [1.82, 2.24) is 10.2 Å². The van der Waals surface area contributed by atoms with Crippen LogP contribution in [0.3, 0.4) is 0 Å². The number of amides is 2. The van der Waals surface area contributed by atoms with Gasteiger partial charge in [0.25, 0.3) is 5.91 Å². The van der Waals surface area contributed by atoms with Crippen molar-refractivity contribution in [3.8, 4) is 0 Å². The molecule has 1 heterocycles. The first kappa shape index (κ1) is 20.6. The lowest BCUT2D eigenvalue weighted by atomic mass is 9.95. The first-order valence-corrected chi connectivity index (χ1v) is 10.3. The fourth-order valence-corrected chi connectivity index (χ4v) is 4.00. The third-order valence-corrected chi connectivity index (χ3v) is 5.85. The first-order valence-electron chi connectivity index (χ1n) is 9.96. The number of carbonyl (C=O) groups is 3. The summed E-state index contributed by atoms with van der Waals surface area (Å²) in [5, 5.41) is 3.55. The van der Waals surface area contributed by atoms with E-state index in [-0.39, 0.29) is 30.8 Å². The summed E-state index contributed by atoms with van der Waals surface area (Å²) >= 11 is 6.16. The van der Waals surface area contributed by atoms with E-state index in [1.807, 2.05) is 18.2 Å². The van der Waals surface area contributed by atoms with Gasteiger partial charge >= 0.3 is 5.97 Å². The highest BCUT2D eigenvalue weighted by Gasteiger charge is 2.37. The Morgan fingerprint density at radius 2 is 1.96 bits per heavy atom. The second-order valence-corrected chi connectivity index (χ2v) is 8.10. The van der Waals surface area contributed by atoms with Crippen molar-refractivity contribution >= 4 is 29.4 Å². The Morgan fingerprint density at radius 3 is 2.68 bits per heavy atom. The second kappa shape index (κ2) is 9.41. The molecule has 1 aliphatic heterocycles. The highest BCUT2D eigenvalue weighted by Crippen LogP contribution is 2.24. The number of ether oxygens (including phenoxy) is 1. The van der Waals surface area contributed by atoms with Gasteiger partial charge in [0, 0.05) is 30.6 Å². The number of hydrogen-bond donors (Lipinski definition) is 1. The quantitative estimate of drug-likeness (QED) is 0.736. The van der Waals surface area contributed by atoms with Gasteiger partial charge in [-0.3, -0.25) is 14.4 Å². The number of carbonyl (C=O) groups excluding carboxylic acids is 3. The highest BCUT2D eigenvalue weighted by atomic mass is 35.5. The minimum absolute atomic E-state index is 0.0975. The number of rotatable bonds is 6. The van der Waals surface area contributed by atoms with Crippen LogP contribution in [-0.4, -0.2) is 41.4 Å². The minimum atomic E-state index is -0.859. The van der Waals surface area contributed by atoms with E-state index in [2.05, 4.69) is 5.32 Å². The predicted octanol–water partition coefficient (Wildman–Crippen LogP) is 3.07. The van der Waals surface area contributed by atoms with Crippen LogP contribution >= 0.6 is 11.6 Å². The summed E-state index contributed by atoms with van der Waals surface area (Å²) in [5.41, 5.74) is 0.840. The molecule has 1 N–H and O–H groups in total. The normalized spacial score (nSPS) is 21.4. The van der Waals surface area contributed by atoms with E-state index >= 15 is 0 Å². The van der Waals surface area contributed by atoms with Crippen molar-refractivity contribution in [2.75, 3.05) is 6.54 Å². The maximum absolute atomic E-state index is 12.5. The average Bonchev–Trinajstić information content (AvgIpc) is 3.05. The van der Waals surface area contributed by atoms with Crippen LogP contribution in [0.15, 0.2) is 24.3 Å². The van der Waals surface area contributed by atoms with Crippen LogP contribution in [0.2, 0.25) is 5.02 Å². The van der Waals surface area contributed by atoms with Crippen molar-refractivity contribution in [2.45, 2.75) is 64.1 Å². The van der Waals surface area contributed by atoms with E-state index < -0.39 is 18.0 Å². The number of hydrogen-bond acceptors (Lipinski definition) is 4. The van der Waals surface area contributed by atoms with Gasteiger partial charge in [0.05, 0.1) is 5.92 Å². The Hall–Kier alpha value is -2.08. The highest BCUT2D eigenvalue weighted by molar-refractivity contribution is 6.31. The van der Waals surface area contributed by atoms with E-state index in [1.54, 1.807) is 17.9 Å². The van der Waals surface area contributed by atoms with Crippen molar-refractivity contribution in [3.63, 3.8) is 0 Å². The summed E-state index contributed by atoms with van der Waals surface area (Å²) in [6.45, 7) is 2.22. The van der Waals surface area contributed by atoms with Crippen molar-refractivity contribution < 1.29 is 19.1 Å². The van der Waals surface area contributed by atoms with Crippen LogP contribution in [-0.2, 0) is 25.7 Å². The van der Waals surface area contributed by atoms with Crippen LogP contribution in [0.1, 0.15) is 51.0 Å². The van der Waals surface area contributed by atoms with Gasteiger partial charge in [-0.15, -0.1) is 0 Å². The second-order valence-electron chi connectivity index (χ2n) is 7.69. The van der Waals surface area contributed by atoms with E-state index in [4.69, 9.17) is 16.3 Å². The number of halogens is 1. The molecule has 1 aromatic carbocycles. The molecule has 0 aromatic heterocycles. The van der Waals surface area contributed by atoms with Crippen LogP contribution in [0.25, 0.3) is 0 Å². The summed E-state index contributed by atoms with van der Waals surface area (Å²) in [6, 6.07) is 7.49. The number of benzene rings is 1. The Labute approximate surface area is 170 Å². The van der Waals surface area contributed by atoms with Gasteiger partial charge in [-0.2, -0.15) is 0 Å². The van der Waals surface area contributed by atoms with Gasteiger partial charge in [-0.25, -0.2) is 0 Å². The molecule has 152 valence electrons. The molecule has 0 unspecified atom stereocenters. The molecular formula is C21H27ClN2O4. The number of nitrogens with zero attached hydrogens (tertiary/aromatic N) is 1. The molecule has 7 heteroatoms. The fourth-order valence-electron chi connectivity index (χ4n) is 3.80. The molecule has 6 nitrogen and oxygen atoms in total. The Morgan fingerprint density at radius 1 is 1.25 bits per heavy atom. The van der Waals surface area contributed by atoms with Gasteiger partial charge in [0.2, 0.25) is 5.91 Å². The molecule has 0 spiro atoms. The van der Waals surface area contributed by atoms with Gasteiger partial charge in [-0.05, 0) is 31.4 Å². The molecule has 1 saturated carbocycles. The molecule has 2 fully saturated rings. The van der Waals surface area contributed by atoms with Crippen LogP contribution in [0, 0.1) is 5.92 Å². The zero-order valence-electron chi connectivity index (χ0n) is 16.2. The third kappa shape index (κ3) is 5.25. The monoisotopic (exact) mass is 406 g/mol. The summed E-state index contributed by atoms with van der Waals surface area (Å²) < 4.78 is 5.35. The maximum Gasteiger partial charge on any atom is 0.312 e. The lowest BCUT2D eigenvalue weighted by molar-refractivity contribution is -0.158. The summed E-state index contributed by atoms with van der Waals surface area (Å²) in [6.07, 6.45) is 4.62. The SMILES string of the molecule is C[C@H](OC(=O)[C@H]1CC(=O)N(Cc2ccccc2Cl)C1)C(=O)NC1CCCCC1. The zero-order valence-corrected chi connectivity index (χ0v) is 16.9. The molecule has 3 rings (SSSR count). The molecule has 0 radical (unpaired) electrons. The first-order chi connectivity index (χ1) is 13.4. The van der Waals surface area contributed by atoms with Crippen molar-refractivity contribution in [3.05, 3.63) is 34.9 Å². The topological polar surface area (TPSA) is 75.7 Å². The molecule has 1 aliphatic carbocycles. The zero-order chi connectivity index (χ0) is 20.1. The number of esters is 1. The van der Waals surface area contributed by atoms with Crippen molar-refractivity contribution in [1.29, 1.82) is 0 Å². The van der Waals surface area contributed by atoms with E-state index in [9.17, 15) is 14.4 Å². The lowest BCUT2D eigenvalue weighted by Crippen LogP contribution is -2.43. The third-order valence-electron chi connectivity index (χ3n) is 5.48. The largest absolute Gasteiger partial charge is 0.452 e. The molecule has 28 heavy (non-hydrogen) atoms. The van der Waals surface area contributed by atoms with Crippen LogP contribution in [0.5, 0.6) is 0 Å². The Kier molecular flexibility index (Phi) is 6.94. The van der Waals surface area contributed by atoms with Crippen LogP contribution in [0.4, 0.5) is 0 Å². The molecular weight excluding hydrogens is 380 g/mol.